The van der Waals surface area contributed by atoms with Gasteiger partial charge in [-0.3, -0.25) is 9.97 Å². The Morgan fingerprint density at radius 1 is 0.271 bits per heavy atom. The van der Waals surface area contributed by atoms with Crippen LogP contribution in [0.1, 0.15) is 0 Å². The lowest BCUT2D eigenvalue weighted by molar-refractivity contribution is 1.32. The van der Waals surface area contributed by atoms with E-state index in [-0.39, 0.29) is 0 Å². The number of pyridine rings is 3. The molecule has 6 aromatic carbocycles. The van der Waals surface area contributed by atoms with E-state index >= 15 is 0 Å². The molecule has 3 heteroatoms. The fourth-order valence-electron chi connectivity index (χ4n) is 6.68. The zero-order chi connectivity index (χ0) is 31.9. The third-order valence-corrected chi connectivity index (χ3v) is 9.13. The molecule has 48 heavy (non-hydrogen) atoms. The first kappa shape index (κ1) is 27.8. The molecular weight excluding hydrogens is 583 g/mol. The van der Waals surface area contributed by atoms with Crippen molar-refractivity contribution in [1.82, 2.24) is 15.0 Å². The molecule has 0 aliphatic carbocycles. The van der Waals surface area contributed by atoms with Crippen molar-refractivity contribution < 1.29 is 0 Å². The minimum absolute atomic E-state index is 0.919. The van der Waals surface area contributed by atoms with Crippen LogP contribution >= 0.6 is 0 Å². The van der Waals surface area contributed by atoms with Crippen LogP contribution in [-0.2, 0) is 0 Å². The van der Waals surface area contributed by atoms with Crippen molar-refractivity contribution in [3.63, 3.8) is 0 Å². The molecular formula is C45H29N3. The van der Waals surface area contributed by atoms with E-state index in [1.165, 1.54) is 10.8 Å². The molecule has 0 saturated carbocycles. The van der Waals surface area contributed by atoms with E-state index in [0.717, 1.165) is 77.7 Å². The Kier molecular flexibility index (Phi) is 6.80. The van der Waals surface area contributed by atoms with Crippen LogP contribution in [0, 0.1) is 0 Å². The molecule has 3 nitrogen and oxygen atoms in total. The van der Waals surface area contributed by atoms with Crippen LogP contribution in [0.4, 0.5) is 0 Å². The summed E-state index contributed by atoms with van der Waals surface area (Å²) in [5.41, 5.74) is 12.7. The lowest BCUT2D eigenvalue weighted by atomic mass is 9.95. The van der Waals surface area contributed by atoms with Crippen molar-refractivity contribution >= 4 is 32.6 Å². The van der Waals surface area contributed by atoms with Gasteiger partial charge in [0.1, 0.15) is 0 Å². The average molecular weight is 612 g/mol. The van der Waals surface area contributed by atoms with Gasteiger partial charge in [0.15, 0.2) is 0 Å². The predicted molar refractivity (Wildman–Crippen MR) is 200 cm³/mol. The highest BCUT2D eigenvalue weighted by atomic mass is 14.7. The minimum Gasteiger partial charge on any atom is -0.253 e. The largest absolute Gasteiger partial charge is 0.253 e. The van der Waals surface area contributed by atoms with Crippen molar-refractivity contribution in [2.75, 3.05) is 0 Å². The normalized spacial score (nSPS) is 11.3. The maximum Gasteiger partial charge on any atom is 0.0971 e. The third-order valence-electron chi connectivity index (χ3n) is 9.13. The number of aromatic nitrogens is 3. The first-order valence-corrected chi connectivity index (χ1v) is 16.2. The topological polar surface area (TPSA) is 38.7 Å². The van der Waals surface area contributed by atoms with Crippen molar-refractivity contribution in [1.29, 1.82) is 0 Å². The standard InChI is InChI=1S/C45H29N3/c1-4-12-30(13-5-1)36-24-40-38-18-10-11-19-39(38)41-25-37(29-47-45(41)44(40)46-28-36)32-22-20-31(21-23-32)35-26-42(33-14-6-2-7-15-33)48-43(27-35)34-16-8-3-9-17-34/h1-29H. The van der Waals surface area contributed by atoms with Gasteiger partial charge in [0.05, 0.1) is 22.4 Å². The quantitative estimate of drug-likeness (QED) is 0.182. The van der Waals surface area contributed by atoms with E-state index in [0.29, 0.717) is 0 Å². The molecule has 0 N–H and O–H groups in total. The van der Waals surface area contributed by atoms with Crippen molar-refractivity contribution in [2.24, 2.45) is 0 Å². The van der Waals surface area contributed by atoms with E-state index in [1.54, 1.807) is 0 Å². The van der Waals surface area contributed by atoms with E-state index in [1.807, 2.05) is 30.6 Å². The number of hydrogen-bond acceptors (Lipinski definition) is 3. The van der Waals surface area contributed by atoms with Gasteiger partial charge >= 0.3 is 0 Å². The molecule has 3 aromatic heterocycles. The van der Waals surface area contributed by atoms with E-state index < -0.39 is 0 Å². The summed E-state index contributed by atoms with van der Waals surface area (Å²) >= 11 is 0. The van der Waals surface area contributed by atoms with Crippen molar-refractivity contribution in [2.45, 2.75) is 0 Å². The van der Waals surface area contributed by atoms with Gasteiger partial charge < -0.3 is 0 Å². The Morgan fingerprint density at radius 2 is 0.646 bits per heavy atom. The van der Waals surface area contributed by atoms with Crippen LogP contribution in [-0.4, -0.2) is 15.0 Å². The second kappa shape index (κ2) is 11.7. The highest BCUT2D eigenvalue weighted by Crippen LogP contribution is 2.37. The van der Waals surface area contributed by atoms with Gasteiger partial charge in [-0.15, -0.1) is 0 Å². The van der Waals surface area contributed by atoms with Gasteiger partial charge in [0.25, 0.3) is 0 Å². The number of nitrogens with zero attached hydrogens (tertiary/aromatic N) is 3. The zero-order valence-electron chi connectivity index (χ0n) is 26.1. The zero-order valence-corrected chi connectivity index (χ0v) is 26.1. The summed E-state index contributed by atoms with van der Waals surface area (Å²) in [4.78, 5) is 15.1. The van der Waals surface area contributed by atoms with Crippen LogP contribution in [0.25, 0.3) is 88.5 Å². The molecule has 224 valence electrons. The summed E-state index contributed by atoms with van der Waals surface area (Å²) in [6.45, 7) is 0. The van der Waals surface area contributed by atoms with E-state index in [4.69, 9.17) is 15.0 Å². The van der Waals surface area contributed by atoms with E-state index in [2.05, 4.69) is 146 Å². The van der Waals surface area contributed by atoms with Crippen LogP contribution < -0.4 is 0 Å². The summed E-state index contributed by atoms with van der Waals surface area (Å²) in [6, 6.07) is 57.4. The summed E-state index contributed by atoms with van der Waals surface area (Å²) in [7, 11) is 0. The molecule has 0 spiro atoms. The lowest BCUT2D eigenvalue weighted by Gasteiger charge is -2.13. The van der Waals surface area contributed by atoms with Gasteiger partial charge in [0.2, 0.25) is 0 Å². The monoisotopic (exact) mass is 611 g/mol. The van der Waals surface area contributed by atoms with Crippen molar-refractivity contribution in [3.05, 3.63) is 176 Å². The summed E-state index contributed by atoms with van der Waals surface area (Å²) in [5, 5.41) is 4.58. The fourth-order valence-corrected chi connectivity index (χ4v) is 6.68. The Morgan fingerprint density at radius 3 is 1.10 bits per heavy atom. The smallest absolute Gasteiger partial charge is 0.0971 e. The van der Waals surface area contributed by atoms with Crippen LogP contribution in [0.2, 0.25) is 0 Å². The Bertz CT molecular complexity index is 2500. The third kappa shape index (κ3) is 4.99. The maximum absolute atomic E-state index is 5.05. The minimum atomic E-state index is 0.919. The second-order valence-corrected chi connectivity index (χ2v) is 12.1. The van der Waals surface area contributed by atoms with Crippen molar-refractivity contribution in [3.8, 4) is 55.9 Å². The van der Waals surface area contributed by atoms with Gasteiger partial charge in [0, 0.05) is 45.4 Å². The molecule has 0 atom stereocenters. The number of fused-ring (bicyclic) bond motifs is 6. The van der Waals surface area contributed by atoms with Gasteiger partial charge in [-0.05, 0) is 57.3 Å². The summed E-state index contributed by atoms with van der Waals surface area (Å²) in [6.07, 6.45) is 3.94. The first-order valence-electron chi connectivity index (χ1n) is 16.2. The van der Waals surface area contributed by atoms with Gasteiger partial charge in [-0.1, -0.05) is 140 Å². The number of rotatable bonds is 5. The Balaban J connectivity index is 1.13. The SMILES string of the molecule is c1ccc(-c2cnc3c(c2)c2ccccc2c2cc(-c4ccc(-c5cc(-c6ccccc6)nc(-c6ccccc6)c5)cc4)cnc23)cc1. The molecule has 9 aromatic rings. The molecule has 0 saturated heterocycles. The first-order chi connectivity index (χ1) is 23.8. The van der Waals surface area contributed by atoms with Crippen LogP contribution in [0.15, 0.2) is 176 Å². The molecule has 9 rings (SSSR count). The molecule has 0 aliphatic rings. The molecule has 0 fully saturated rings. The van der Waals surface area contributed by atoms with Crippen LogP contribution in [0.5, 0.6) is 0 Å². The van der Waals surface area contributed by atoms with E-state index in [9.17, 15) is 0 Å². The summed E-state index contributed by atoms with van der Waals surface area (Å²) < 4.78 is 0. The molecule has 0 bridgehead atoms. The predicted octanol–water partition coefficient (Wildman–Crippen LogP) is 11.7. The lowest BCUT2D eigenvalue weighted by Crippen LogP contribution is -1.92. The molecule has 0 unspecified atom stereocenters. The summed E-state index contributed by atoms with van der Waals surface area (Å²) in [5.74, 6) is 0. The highest BCUT2D eigenvalue weighted by molar-refractivity contribution is 6.23. The molecule has 3 heterocycles. The Labute approximate surface area is 278 Å². The van der Waals surface area contributed by atoms with Gasteiger partial charge in [-0.2, -0.15) is 0 Å². The van der Waals surface area contributed by atoms with Gasteiger partial charge in [-0.25, -0.2) is 4.98 Å². The second-order valence-electron chi connectivity index (χ2n) is 12.1. The number of benzene rings is 6. The molecule has 0 aliphatic heterocycles. The number of hydrogen-bond donors (Lipinski definition) is 0. The highest BCUT2D eigenvalue weighted by Gasteiger charge is 2.14. The van der Waals surface area contributed by atoms with Crippen LogP contribution in [0.3, 0.4) is 0 Å². The maximum atomic E-state index is 5.05. The molecule has 0 amide bonds. The molecule has 0 radical (unpaired) electrons. The average Bonchev–Trinajstić information content (AvgIpc) is 3.18. The Hall–Kier alpha value is -6.45. The fraction of sp³-hybridized carbons (Fsp3) is 0.